The van der Waals surface area contributed by atoms with Crippen molar-refractivity contribution in [3.8, 4) is 5.75 Å². The third-order valence-corrected chi connectivity index (χ3v) is 2.70. The van der Waals surface area contributed by atoms with Gasteiger partial charge in [-0.3, -0.25) is 0 Å². The van der Waals surface area contributed by atoms with Crippen LogP contribution in [-0.2, 0) is 0 Å². The average molecular weight is 291 g/mol. The summed E-state index contributed by atoms with van der Waals surface area (Å²) in [4.78, 5) is 2.03. The number of nitrogens with one attached hydrogen (secondary N) is 1. The van der Waals surface area contributed by atoms with E-state index in [1.165, 1.54) is 6.07 Å². The van der Waals surface area contributed by atoms with Gasteiger partial charge in [-0.15, -0.1) is 0 Å². The van der Waals surface area contributed by atoms with E-state index in [4.69, 9.17) is 4.74 Å². The molecule has 0 atom stereocenters. The Labute approximate surface area is 104 Å². The monoisotopic (exact) mass is 290 g/mol. The van der Waals surface area contributed by atoms with Crippen molar-refractivity contribution in [1.29, 1.82) is 0 Å². The quantitative estimate of drug-likeness (QED) is 0.902. The molecule has 0 radical (unpaired) electrons. The highest BCUT2D eigenvalue weighted by Crippen LogP contribution is 2.30. The fourth-order valence-corrected chi connectivity index (χ4v) is 1.50. The van der Waals surface area contributed by atoms with Crippen molar-refractivity contribution in [2.45, 2.75) is 0 Å². The van der Waals surface area contributed by atoms with Crippen LogP contribution in [0.25, 0.3) is 0 Å². The predicted octanol–water partition coefficient (Wildman–Crippen LogP) is 2.57. The molecular weight excluding hydrogens is 275 g/mol. The molecule has 0 heterocycles. The molecule has 1 N–H and O–H groups in total. The molecule has 16 heavy (non-hydrogen) atoms. The standard InChI is InChI=1S/C11H16BrFN2O/c1-14-10-7-9(13)8(12)6-11(10)16-5-4-15(2)3/h6-7,14H,4-5H2,1-3H3. The van der Waals surface area contributed by atoms with Gasteiger partial charge in [0.15, 0.2) is 0 Å². The molecule has 0 amide bonds. The lowest BCUT2D eigenvalue weighted by atomic mass is 10.3. The molecule has 0 aliphatic carbocycles. The van der Waals surface area contributed by atoms with E-state index in [2.05, 4.69) is 21.2 Å². The summed E-state index contributed by atoms with van der Waals surface area (Å²) in [6, 6.07) is 3.05. The van der Waals surface area contributed by atoms with Crippen LogP contribution < -0.4 is 10.1 Å². The van der Waals surface area contributed by atoms with Gasteiger partial charge in [0.2, 0.25) is 0 Å². The van der Waals surface area contributed by atoms with Gasteiger partial charge in [-0.1, -0.05) is 0 Å². The molecule has 0 aromatic heterocycles. The molecule has 0 fully saturated rings. The van der Waals surface area contributed by atoms with E-state index >= 15 is 0 Å². The Hall–Kier alpha value is -0.810. The molecule has 0 aliphatic rings. The first kappa shape index (κ1) is 13.3. The van der Waals surface area contributed by atoms with E-state index in [1.54, 1.807) is 13.1 Å². The van der Waals surface area contributed by atoms with E-state index in [0.29, 0.717) is 22.5 Å². The normalized spacial score (nSPS) is 10.6. The van der Waals surface area contributed by atoms with Crippen molar-refractivity contribution in [2.75, 3.05) is 39.6 Å². The van der Waals surface area contributed by atoms with Gasteiger partial charge in [0, 0.05) is 19.7 Å². The van der Waals surface area contributed by atoms with Crippen LogP contribution in [0.5, 0.6) is 5.75 Å². The number of likely N-dealkylation sites (N-methyl/N-ethyl adjacent to an activating group) is 1. The van der Waals surface area contributed by atoms with Crippen LogP contribution in [0.1, 0.15) is 0 Å². The predicted molar refractivity (Wildman–Crippen MR) is 67.7 cm³/mol. The summed E-state index contributed by atoms with van der Waals surface area (Å²) in [5.41, 5.74) is 0.652. The van der Waals surface area contributed by atoms with Gasteiger partial charge in [0.25, 0.3) is 0 Å². The van der Waals surface area contributed by atoms with Gasteiger partial charge in [-0.05, 0) is 36.1 Å². The van der Waals surface area contributed by atoms with Gasteiger partial charge in [-0.2, -0.15) is 0 Å². The molecule has 3 nitrogen and oxygen atoms in total. The minimum atomic E-state index is -0.302. The fourth-order valence-electron chi connectivity index (χ4n) is 1.18. The third-order valence-electron chi connectivity index (χ3n) is 2.09. The summed E-state index contributed by atoms with van der Waals surface area (Å²) < 4.78 is 19.2. The van der Waals surface area contributed by atoms with Crippen LogP contribution in [0.15, 0.2) is 16.6 Å². The number of hydrogen-bond donors (Lipinski definition) is 1. The molecule has 90 valence electrons. The average Bonchev–Trinajstić information content (AvgIpc) is 2.22. The van der Waals surface area contributed by atoms with Crippen molar-refractivity contribution >= 4 is 21.6 Å². The Kier molecular flexibility index (Phi) is 5.02. The molecule has 0 spiro atoms. The number of ether oxygens (including phenoxy) is 1. The SMILES string of the molecule is CNc1cc(F)c(Br)cc1OCCN(C)C. The van der Waals surface area contributed by atoms with Crippen molar-refractivity contribution in [1.82, 2.24) is 4.90 Å². The molecule has 0 bridgehead atoms. The summed E-state index contributed by atoms with van der Waals surface area (Å²) in [5, 5.41) is 2.90. The number of nitrogens with zero attached hydrogens (tertiary/aromatic N) is 1. The summed E-state index contributed by atoms with van der Waals surface area (Å²) in [5.74, 6) is 0.349. The topological polar surface area (TPSA) is 24.5 Å². The van der Waals surface area contributed by atoms with Crippen molar-refractivity contribution in [2.24, 2.45) is 0 Å². The highest BCUT2D eigenvalue weighted by Gasteiger charge is 2.08. The number of anilines is 1. The second-order valence-corrected chi connectivity index (χ2v) is 4.52. The molecule has 1 aromatic rings. The highest BCUT2D eigenvalue weighted by atomic mass is 79.9. The van der Waals surface area contributed by atoms with Crippen LogP contribution in [0.2, 0.25) is 0 Å². The minimum Gasteiger partial charge on any atom is -0.490 e. The van der Waals surface area contributed by atoms with E-state index in [1.807, 2.05) is 19.0 Å². The largest absolute Gasteiger partial charge is 0.490 e. The summed E-state index contributed by atoms with van der Waals surface area (Å²) in [7, 11) is 5.69. The molecule has 5 heteroatoms. The Morgan fingerprint density at radius 1 is 1.44 bits per heavy atom. The lowest BCUT2D eigenvalue weighted by Crippen LogP contribution is -2.19. The van der Waals surface area contributed by atoms with E-state index in [-0.39, 0.29) is 5.82 Å². The molecule has 0 saturated heterocycles. The Balaban J connectivity index is 2.74. The van der Waals surface area contributed by atoms with Crippen LogP contribution in [0.3, 0.4) is 0 Å². The summed E-state index contributed by atoms with van der Waals surface area (Å²) >= 11 is 3.14. The van der Waals surface area contributed by atoms with Gasteiger partial charge < -0.3 is 15.0 Å². The zero-order chi connectivity index (χ0) is 12.1. The summed E-state index contributed by atoms with van der Waals surface area (Å²) in [6.45, 7) is 1.39. The van der Waals surface area contributed by atoms with Gasteiger partial charge in [-0.25, -0.2) is 4.39 Å². The van der Waals surface area contributed by atoms with Crippen LogP contribution in [0.4, 0.5) is 10.1 Å². The minimum absolute atomic E-state index is 0.302. The molecular formula is C11H16BrFN2O. The van der Waals surface area contributed by atoms with Crippen LogP contribution >= 0.6 is 15.9 Å². The number of rotatable bonds is 5. The number of benzene rings is 1. The van der Waals surface area contributed by atoms with Crippen molar-refractivity contribution < 1.29 is 9.13 Å². The highest BCUT2D eigenvalue weighted by molar-refractivity contribution is 9.10. The maximum atomic E-state index is 13.2. The zero-order valence-corrected chi connectivity index (χ0v) is 11.3. The zero-order valence-electron chi connectivity index (χ0n) is 9.68. The smallest absolute Gasteiger partial charge is 0.143 e. The number of halogens is 2. The molecule has 0 unspecified atom stereocenters. The third kappa shape index (κ3) is 3.64. The van der Waals surface area contributed by atoms with E-state index in [9.17, 15) is 4.39 Å². The van der Waals surface area contributed by atoms with E-state index < -0.39 is 0 Å². The van der Waals surface area contributed by atoms with Crippen molar-refractivity contribution in [3.05, 3.63) is 22.4 Å². The van der Waals surface area contributed by atoms with Crippen LogP contribution in [-0.4, -0.2) is 39.2 Å². The fraction of sp³-hybridized carbons (Fsp3) is 0.455. The van der Waals surface area contributed by atoms with Gasteiger partial charge in [0.05, 0.1) is 10.2 Å². The van der Waals surface area contributed by atoms with Crippen molar-refractivity contribution in [3.63, 3.8) is 0 Å². The molecule has 0 aliphatic heterocycles. The Morgan fingerprint density at radius 3 is 2.69 bits per heavy atom. The molecule has 0 saturated carbocycles. The lowest BCUT2D eigenvalue weighted by molar-refractivity contribution is 0.262. The van der Waals surface area contributed by atoms with E-state index in [0.717, 1.165) is 6.54 Å². The summed E-state index contributed by atoms with van der Waals surface area (Å²) in [6.07, 6.45) is 0. The molecule has 1 rings (SSSR count). The first-order chi connectivity index (χ1) is 7.54. The Bertz CT molecular complexity index is 358. The second-order valence-electron chi connectivity index (χ2n) is 3.66. The Morgan fingerprint density at radius 2 is 2.12 bits per heavy atom. The van der Waals surface area contributed by atoms with Gasteiger partial charge in [0.1, 0.15) is 18.2 Å². The lowest BCUT2D eigenvalue weighted by Gasteiger charge is -2.14. The number of hydrogen-bond acceptors (Lipinski definition) is 3. The van der Waals surface area contributed by atoms with Gasteiger partial charge >= 0.3 is 0 Å². The first-order valence-electron chi connectivity index (χ1n) is 4.99. The molecule has 1 aromatic carbocycles. The maximum Gasteiger partial charge on any atom is 0.143 e. The second kappa shape index (κ2) is 6.06. The van der Waals surface area contributed by atoms with Crippen LogP contribution in [0, 0.1) is 5.82 Å². The first-order valence-corrected chi connectivity index (χ1v) is 5.78. The maximum absolute atomic E-state index is 13.2.